The summed E-state index contributed by atoms with van der Waals surface area (Å²) in [6, 6.07) is 0. The van der Waals surface area contributed by atoms with Gasteiger partial charge < -0.3 is 0 Å². The van der Waals surface area contributed by atoms with E-state index >= 15 is 0 Å². The van der Waals surface area contributed by atoms with Gasteiger partial charge in [0.15, 0.2) is 0 Å². The molecule has 0 saturated heterocycles. The van der Waals surface area contributed by atoms with E-state index in [-0.39, 0.29) is 0 Å². The van der Waals surface area contributed by atoms with Crippen LogP contribution in [0.1, 0.15) is 53.4 Å². The molecule has 0 aliphatic carbocycles. The summed E-state index contributed by atoms with van der Waals surface area (Å²) in [5.74, 6) is 0. The van der Waals surface area contributed by atoms with Crippen LogP contribution in [0, 0.1) is 0 Å². The van der Waals surface area contributed by atoms with Crippen molar-refractivity contribution >= 4 is 47.0 Å². The van der Waals surface area contributed by atoms with E-state index in [0.717, 1.165) is 0 Å². The molecule has 0 fully saturated rings. The molecule has 0 radical (unpaired) electrons. The molecule has 0 spiro atoms. The summed E-state index contributed by atoms with van der Waals surface area (Å²) in [6.07, 6.45) is 5.08. The van der Waals surface area contributed by atoms with Crippen LogP contribution in [0.5, 0.6) is 0 Å². The van der Waals surface area contributed by atoms with Gasteiger partial charge in [0.1, 0.15) is 0 Å². The van der Waals surface area contributed by atoms with Crippen LogP contribution >= 0.6 is 43.6 Å². The van der Waals surface area contributed by atoms with Gasteiger partial charge >= 0.3 is 3.39 Å². The van der Waals surface area contributed by atoms with Crippen LogP contribution in [0.4, 0.5) is 0 Å². The Morgan fingerprint density at radius 1 is 0.647 bits per heavy atom. The zero-order valence-corrected chi connectivity index (χ0v) is 17.1. The van der Waals surface area contributed by atoms with Crippen molar-refractivity contribution in [3.63, 3.8) is 0 Å². The summed E-state index contributed by atoms with van der Waals surface area (Å²) in [7, 11) is 0. The number of hydrogen-bond donors (Lipinski definition) is 0. The van der Waals surface area contributed by atoms with Crippen LogP contribution in [0.25, 0.3) is 0 Å². The van der Waals surface area contributed by atoms with Crippen LogP contribution in [0.15, 0.2) is 0 Å². The van der Waals surface area contributed by atoms with Crippen molar-refractivity contribution in [2.45, 2.75) is 53.4 Å². The second kappa shape index (κ2) is 10.4. The topological polar surface area (TPSA) is 6.48 Å². The molecule has 0 aliphatic heterocycles. The molecular formula is C12H28I2N2Si. The Kier molecular flexibility index (Phi) is 11.4. The zero-order chi connectivity index (χ0) is 13.3. The summed E-state index contributed by atoms with van der Waals surface area (Å²) < 4.78 is 4.09. The van der Waals surface area contributed by atoms with Crippen molar-refractivity contribution in [2.75, 3.05) is 26.2 Å². The molecule has 0 aliphatic rings. The summed E-state index contributed by atoms with van der Waals surface area (Å²) in [5, 5.41) is 0. The van der Waals surface area contributed by atoms with Crippen molar-refractivity contribution in [3.05, 3.63) is 0 Å². The highest BCUT2D eigenvalue weighted by Crippen LogP contribution is 2.31. The first-order chi connectivity index (χ1) is 8.04. The van der Waals surface area contributed by atoms with Crippen molar-refractivity contribution in [1.29, 1.82) is 0 Å². The third kappa shape index (κ3) is 6.53. The lowest BCUT2D eigenvalue weighted by Gasteiger charge is -2.41. The minimum atomic E-state index is -1.44. The minimum absolute atomic E-state index is 1.26. The third-order valence-corrected chi connectivity index (χ3v) is 13.3. The largest absolute Gasteiger partial charge is 0.343 e. The van der Waals surface area contributed by atoms with Crippen molar-refractivity contribution in [1.82, 2.24) is 9.13 Å². The Hall–Kier alpha value is 1.60. The van der Waals surface area contributed by atoms with E-state index in [4.69, 9.17) is 0 Å². The number of rotatable bonds is 10. The molecular weight excluding hydrogens is 454 g/mol. The molecule has 5 heteroatoms. The summed E-state index contributed by atoms with van der Waals surface area (Å²) in [6.45, 7) is 14.2. The van der Waals surface area contributed by atoms with E-state index in [0.29, 0.717) is 0 Å². The van der Waals surface area contributed by atoms with Crippen LogP contribution in [0.3, 0.4) is 0 Å². The van der Waals surface area contributed by atoms with E-state index < -0.39 is 3.39 Å². The molecule has 17 heavy (non-hydrogen) atoms. The molecule has 0 heterocycles. The van der Waals surface area contributed by atoms with Gasteiger partial charge in [-0.3, -0.25) is 9.13 Å². The smallest absolute Gasteiger partial charge is 0.296 e. The Balaban J connectivity index is 4.71. The average molecular weight is 482 g/mol. The van der Waals surface area contributed by atoms with Gasteiger partial charge in [-0.15, -0.1) is 0 Å². The number of halogens is 2. The molecule has 0 aromatic rings. The van der Waals surface area contributed by atoms with E-state index in [1.165, 1.54) is 51.9 Å². The Bertz CT molecular complexity index is 161. The molecule has 0 bridgehead atoms. The Morgan fingerprint density at radius 2 is 0.882 bits per heavy atom. The molecule has 0 atom stereocenters. The van der Waals surface area contributed by atoms with Crippen LogP contribution in [-0.2, 0) is 0 Å². The molecule has 0 N–H and O–H groups in total. The fourth-order valence-electron chi connectivity index (χ4n) is 2.04. The molecule has 0 aromatic heterocycles. The lowest BCUT2D eigenvalue weighted by molar-refractivity contribution is 0.353. The second-order valence-electron chi connectivity index (χ2n) is 4.48. The quantitative estimate of drug-likeness (QED) is 0.257. The van der Waals surface area contributed by atoms with E-state index in [1.807, 2.05) is 0 Å². The first kappa shape index (κ1) is 18.6. The number of hydrogen-bond acceptors (Lipinski definition) is 2. The van der Waals surface area contributed by atoms with Gasteiger partial charge in [-0.1, -0.05) is 71.3 Å². The van der Waals surface area contributed by atoms with Gasteiger partial charge in [-0.25, -0.2) is 0 Å². The lowest BCUT2D eigenvalue weighted by atomic mass is 10.4. The van der Waals surface area contributed by atoms with Crippen molar-refractivity contribution < 1.29 is 0 Å². The van der Waals surface area contributed by atoms with E-state index in [9.17, 15) is 0 Å². The highest BCUT2D eigenvalue weighted by Gasteiger charge is 2.39. The maximum Gasteiger partial charge on any atom is 0.343 e. The Labute approximate surface area is 134 Å². The van der Waals surface area contributed by atoms with Crippen molar-refractivity contribution in [3.8, 4) is 0 Å². The van der Waals surface area contributed by atoms with E-state index in [1.54, 1.807) is 0 Å². The predicted octanol–water partition coefficient (Wildman–Crippen LogP) is 4.54. The fraction of sp³-hybridized carbons (Fsp3) is 1.00. The minimum Gasteiger partial charge on any atom is -0.296 e. The van der Waals surface area contributed by atoms with Crippen LogP contribution in [-0.4, -0.2) is 38.7 Å². The number of nitrogens with zero attached hydrogens (tertiary/aromatic N) is 2. The molecule has 0 unspecified atom stereocenters. The predicted molar refractivity (Wildman–Crippen MR) is 98.1 cm³/mol. The fourth-order valence-corrected chi connectivity index (χ4v) is 10.2. The Morgan fingerprint density at radius 3 is 1.06 bits per heavy atom. The second-order valence-corrected chi connectivity index (χ2v) is 22.0. The molecule has 0 saturated carbocycles. The molecule has 0 amide bonds. The highest BCUT2D eigenvalue weighted by molar-refractivity contribution is 14.3. The summed E-state index contributed by atoms with van der Waals surface area (Å²) >= 11 is 5.54. The molecule has 2 nitrogen and oxygen atoms in total. The van der Waals surface area contributed by atoms with Gasteiger partial charge in [-0.05, 0) is 51.9 Å². The lowest BCUT2D eigenvalue weighted by Crippen LogP contribution is -2.58. The van der Waals surface area contributed by atoms with E-state index in [2.05, 4.69) is 80.4 Å². The molecule has 0 aromatic carbocycles. The maximum atomic E-state index is 2.77. The van der Waals surface area contributed by atoms with Gasteiger partial charge in [0.25, 0.3) is 0 Å². The summed E-state index contributed by atoms with van der Waals surface area (Å²) in [5.41, 5.74) is 0. The standard InChI is InChI=1S/C12H28I2N2Si/c1-5-9-15(10-6-2)17(13,14)16(11-7-3)12-8-4/h5-12H2,1-4H3. The van der Waals surface area contributed by atoms with Gasteiger partial charge in [0.05, 0.1) is 0 Å². The van der Waals surface area contributed by atoms with Crippen LogP contribution < -0.4 is 0 Å². The zero-order valence-electron chi connectivity index (χ0n) is 11.8. The molecule has 0 rings (SSSR count). The van der Waals surface area contributed by atoms with Crippen LogP contribution in [0.2, 0.25) is 0 Å². The first-order valence-electron chi connectivity index (χ1n) is 6.92. The average Bonchev–Trinajstić information content (AvgIpc) is 2.28. The monoisotopic (exact) mass is 482 g/mol. The SMILES string of the molecule is CCCN(CCC)[Si](I)(I)N(CCC)CCC. The van der Waals surface area contributed by atoms with Gasteiger partial charge in [-0.2, -0.15) is 0 Å². The van der Waals surface area contributed by atoms with Crippen molar-refractivity contribution in [2.24, 2.45) is 0 Å². The van der Waals surface area contributed by atoms with Gasteiger partial charge in [0.2, 0.25) is 0 Å². The summed E-state index contributed by atoms with van der Waals surface area (Å²) in [4.78, 5) is 0. The normalized spacial score (nSPS) is 12.7. The maximum absolute atomic E-state index is 2.77. The highest BCUT2D eigenvalue weighted by atomic mass is 127. The third-order valence-electron chi connectivity index (χ3n) is 2.74. The first-order valence-corrected chi connectivity index (χ1v) is 15.0. The molecule has 104 valence electrons. The van der Waals surface area contributed by atoms with Gasteiger partial charge in [0, 0.05) is 0 Å².